The van der Waals surface area contributed by atoms with Crippen LogP contribution in [0.4, 0.5) is 4.39 Å². The van der Waals surface area contributed by atoms with Gasteiger partial charge < -0.3 is 5.11 Å². The van der Waals surface area contributed by atoms with Crippen molar-refractivity contribution >= 4 is 11.6 Å². The lowest BCUT2D eigenvalue weighted by molar-refractivity contribution is 0.0698. The summed E-state index contributed by atoms with van der Waals surface area (Å²) in [5.41, 5.74) is 1.28. The summed E-state index contributed by atoms with van der Waals surface area (Å²) in [6, 6.07) is 9.19. The van der Waals surface area contributed by atoms with Crippen molar-refractivity contribution in [3.05, 3.63) is 65.4 Å². The van der Waals surface area contributed by atoms with Gasteiger partial charge in [0.25, 0.3) is 0 Å². The molecule has 0 spiro atoms. The number of aromatic nitrogens is 3. The number of fused-ring (bicyclic) bond motifs is 1. The van der Waals surface area contributed by atoms with E-state index in [4.69, 9.17) is 5.11 Å². The van der Waals surface area contributed by atoms with E-state index in [-0.39, 0.29) is 11.4 Å². The zero-order valence-corrected chi connectivity index (χ0v) is 10.3. The Morgan fingerprint density at radius 3 is 2.65 bits per heavy atom. The predicted octanol–water partition coefficient (Wildman–Crippen LogP) is 2.16. The topological polar surface area (TPSA) is 67.5 Å². The fraction of sp³-hybridized carbons (Fsp3) is 0.0714. The Kier molecular flexibility index (Phi) is 2.90. The lowest BCUT2D eigenvalue weighted by atomic mass is 10.1. The molecule has 0 radical (unpaired) electrons. The Morgan fingerprint density at radius 1 is 1.20 bits per heavy atom. The third kappa shape index (κ3) is 2.11. The standard InChI is InChI=1S/C14H10FN3O2/c15-10-5-3-9(4-6-10)8-12-16-17-13-11(14(19)20)2-1-7-18(12)13/h1-7H,8H2,(H,19,20). The highest BCUT2D eigenvalue weighted by molar-refractivity contribution is 5.94. The van der Waals surface area contributed by atoms with Crippen molar-refractivity contribution in [1.82, 2.24) is 14.6 Å². The van der Waals surface area contributed by atoms with E-state index in [1.54, 1.807) is 28.8 Å². The first-order chi connectivity index (χ1) is 9.65. The third-order valence-electron chi connectivity index (χ3n) is 3.01. The number of pyridine rings is 1. The van der Waals surface area contributed by atoms with Crippen LogP contribution in [0.15, 0.2) is 42.6 Å². The number of halogens is 1. The highest BCUT2D eigenvalue weighted by Gasteiger charge is 2.13. The molecule has 0 atom stereocenters. The van der Waals surface area contributed by atoms with Crippen LogP contribution in [0.5, 0.6) is 0 Å². The van der Waals surface area contributed by atoms with Crippen LogP contribution in [0.2, 0.25) is 0 Å². The summed E-state index contributed by atoms with van der Waals surface area (Å²) in [4.78, 5) is 11.1. The number of aromatic carboxylic acids is 1. The van der Waals surface area contributed by atoms with Crippen molar-refractivity contribution < 1.29 is 14.3 Å². The normalized spacial score (nSPS) is 10.8. The van der Waals surface area contributed by atoms with Crippen molar-refractivity contribution in [3.8, 4) is 0 Å². The molecule has 0 saturated carbocycles. The van der Waals surface area contributed by atoms with Crippen LogP contribution in [-0.2, 0) is 6.42 Å². The Hall–Kier alpha value is -2.76. The van der Waals surface area contributed by atoms with Crippen LogP contribution >= 0.6 is 0 Å². The van der Waals surface area contributed by atoms with Crippen molar-refractivity contribution in [3.63, 3.8) is 0 Å². The number of hydrogen-bond donors (Lipinski definition) is 1. The maximum Gasteiger partial charge on any atom is 0.339 e. The number of carboxylic acid groups (broad SMARTS) is 1. The van der Waals surface area contributed by atoms with Crippen molar-refractivity contribution in [2.24, 2.45) is 0 Å². The first-order valence-electron chi connectivity index (χ1n) is 5.95. The molecule has 2 aromatic heterocycles. The highest BCUT2D eigenvalue weighted by atomic mass is 19.1. The maximum atomic E-state index is 12.9. The molecule has 0 aliphatic rings. The molecular weight excluding hydrogens is 261 g/mol. The molecule has 1 N–H and O–H groups in total. The number of benzene rings is 1. The summed E-state index contributed by atoms with van der Waals surface area (Å²) < 4.78 is 14.5. The molecule has 0 fully saturated rings. The van der Waals surface area contributed by atoms with E-state index in [1.807, 2.05) is 0 Å². The van der Waals surface area contributed by atoms with Crippen LogP contribution in [0, 0.1) is 5.82 Å². The maximum absolute atomic E-state index is 12.9. The number of nitrogens with zero attached hydrogens (tertiary/aromatic N) is 3. The van der Waals surface area contributed by atoms with E-state index < -0.39 is 5.97 Å². The average molecular weight is 271 g/mol. The molecule has 1 aromatic carbocycles. The minimum Gasteiger partial charge on any atom is -0.478 e. The largest absolute Gasteiger partial charge is 0.478 e. The molecule has 0 aliphatic carbocycles. The van der Waals surface area contributed by atoms with E-state index in [2.05, 4.69) is 10.2 Å². The molecule has 5 nitrogen and oxygen atoms in total. The van der Waals surface area contributed by atoms with Gasteiger partial charge in [-0.05, 0) is 29.8 Å². The highest BCUT2D eigenvalue weighted by Crippen LogP contribution is 2.13. The second-order valence-electron chi connectivity index (χ2n) is 4.34. The molecule has 6 heteroatoms. The lowest BCUT2D eigenvalue weighted by Gasteiger charge is -2.02. The zero-order valence-electron chi connectivity index (χ0n) is 10.3. The molecule has 0 unspecified atom stereocenters. The molecule has 3 aromatic rings. The molecule has 2 heterocycles. The van der Waals surface area contributed by atoms with E-state index in [0.717, 1.165) is 5.56 Å². The molecular formula is C14H10FN3O2. The Bertz CT molecular complexity index is 781. The minimum absolute atomic E-state index is 0.102. The van der Waals surface area contributed by atoms with Gasteiger partial charge in [0, 0.05) is 12.6 Å². The fourth-order valence-electron chi connectivity index (χ4n) is 2.04. The van der Waals surface area contributed by atoms with Gasteiger partial charge in [-0.15, -0.1) is 10.2 Å². The molecule has 0 bridgehead atoms. The van der Waals surface area contributed by atoms with Crippen LogP contribution in [0.3, 0.4) is 0 Å². The molecule has 3 rings (SSSR count). The fourth-order valence-corrected chi connectivity index (χ4v) is 2.04. The van der Waals surface area contributed by atoms with Crippen LogP contribution in [0.25, 0.3) is 5.65 Å². The van der Waals surface area contributed by atoms with Crippen LogP contribution < -0.4 is 0 Å². The van der Waals surface area contributed by atoms with E-state index in [9.17, 15) is 9.18 Å². The number of carbonyl (C=O) groups is 1. The van der Waals surface area contributed by atoms with Gasteiger partial charge in [-0.3, -0.25) is 4.40 Å². The van der Waals surface area contributed by atoms with Gasteiger partial charge in [-0.25, -0.2) is 9.18 Å². The molecule has 20 heavy (non-hydrogen) atoms. The quantitative estimate of drug-likeness (QED) is 0.792. The van der Waals surface area contributed by atoms with E-state index in [0.29, 0.717) is 17.9 Å². The molecule has 100 valence electrons. The van der Waals surface area contributed by atoms with Crippen molar-refractivity contribution in [1.29, 1.82) is 0 Å². The second kappa shape index (κ2) is 4.73. The second-order valence-corrected chi connectivity index (χ2v) is 4.34. The molecule has 0 saturated heterocycles. The monoisotopic (exact) mass is 271 g/mol. The Labute approximate surface area is 113 Å². The summed E-state index contributed by atoms with van der Waals surface area (Å²) in [5.74, 6) is -0.737. The van der Waals surface area contributed by atoms with Crippen molar-refractivity contribution in [2.45, 2.75) is 6.42 Å². The summed E-state index contributed by atoms with van der Waals surface area (Å²) in [6.45, 7) is 0. The van der Waals surface area contributed by atoms with Crippen LogP contribution in [-0.4, -0.2) is 25.7 Å². The third-order valence-corrected chi connectivity index (χ3v) is 3.01. The summed E-state index contributed by atoms with van der Waals surface area (Å²) in [7, 11) is 0. The summed E-state index contributed by atoms with van der Waals surface area (Å²) >= 11 is 0. The number of rotatable bonds is 3. The Balaban J connectivity index is 2.03. The minimum atomic E-state index is -1.05. The van der Waals surface area contributed by atoms with Gasteiger partial charge in [0.15, 0.2) is 5.65 Å². The van der Waals surface area contributed by atoms with Gasteiger partial charge in [0.05, 0.1) is 0 Å². The molecule has 0 amide bonds. The van der Waals surface area contributed by atoms with Gasteiger partial charge in [0.2, 0.25) is 0 Å². The van der Waals surface area contributed by atoms with Crippen LogP contribution in [0.1, 0.15) is 21.7 Å². The van der Waals surface area contributed by atoms with Gasteiger partial charge in [0.1, 0.15) is 17.2 Å². The number of hydrogen-bond acceptors (Lipinski definition) is 3. The first-order valence-corrected chi connectivity index (χ1v) is 5.95. The van der Waals surface area contributed by atoms with Crippen molar-refractivity contribution in [2.75, 3.05) is 0 Å². The summed E-state index contributed by atoms with van der Waals surface area (Å²) in [6.07, 6.45) is 2.16. The lowest BCUT2D eigenvalue weighted by Crippen LogP contribution is -2.02. The van der Waals surface area contributed by atoms with Gasteiger partial charge in [-0.1, -0.05) is 12.1 Å². The van der Waals surface area contributed by atoms with Gasteiger partial charge >= 0.3 is 5.97 Å². The average Bonchev–Trinajstić information content (AvgIpc) is 2.84. The van der Waals surface area contributed by atoms with E-state index in [1.165, 1.54) is 18.2 Å². The Morgan fingerprint density at radius 2 is 1.95 bits per heavy atom. The molecule has 0 aliphatic heterocycles. The summed E-state index contributed by atoms with van der Waals surface area (Å²) in [5, 5.41) is 17.0. The zero-order chi connectivity index (χ0) is 14.1. The smallest absolute Gasteiger partial charge is 0.339 e. The van der Waals surface area contributed by atoms with Gasteiger partial charge in [-0.2, -0.15) is 0 Å². The van der Waals surface area contributed by atoms with E-state index >= 15 is 0 Å². The predicted molar refractivity (Wildman–Crippen MR) is 69.2 cm³/mol. The first kappa shape index (κ1) is 12.3. The number of carboxylic acids is 1. The SMILES string of the molecule is O=C(O)c1cccn2c(Cc3ccc(F)cc3)nnc12.